The third-order valence-electron chi connectivity index (χ3n) is 2.18. The summed E-state index contributed by atoms with van der Waals surface area (Å²) in [4.78, 5) is 15.3. The number of ether oxygens (including phenoxy) is 1. The predicted molar refractivity (Wildman–Crippen MR) is 63.0 cm³/mol. The Balaban J connectivity index is 1.92. The average Bonchev–Trinajstić information content (AvgIpc) is 2.95. The maximum Gasteiger partial charge on any atom is 0.360 e. The molecule has 2 aromatic rings. The summed E-state index contributed by atoms with van der Waals surface area (Å²) in [6.45, 7) is 2.52. The van der Waals surface area contributed by atoms with Crippen molar-refractivity contribution in [3.05, 3.63) is 29.9 Å². The predicted octanol–water partition coefficient (Wildman–Crippen LogP) is 1.20. The molecule has 18 heavy (non-hydrogen) atoms. The van der Waals surface area contributed by atoms with Crippen LogP contribution in [0.4, 0.5) is 6.01 Å². The number of oxazole rings is 1. The third-order valence-corrected chi connectivity index (χ3v) is 2.18. The molecule has 0 unspecified atom stereocenters. The first-order valence-corrected chi connectivity index (χ1v) is 5.54. The van der Waals surface area contributed by atoms with E-state index in [9.17, 15) is 4.79 Å². The van der Waals surface area contributed by atoms with Crippen LogP contribution in [0.3, 0.4) is 0 Å². The Morgan fingerprint density at radius 2 is 2.44 bits per heavy atom. The van der Waals surface area contributed by atoms with Gasteiger partial charge in [-0.25, -0.2) is 4.79 Å². The fourth-order valence-corrected chi connectivity index (χ4v) is 1.38. The van der Waals surface area contributed by atoms with Crippen LogP contribution >= 0.6 is 0 Å². The van der Waals surface area contributed by atoms with E-state index < -0.39 is 5.97 Å². The summed E-state index contributed by atoms with van der Waals surface area (Å²) in [6, 6.07) is 2.14. The summed E-state index contributed by atoms with van der Waals surface area (Å²) in [7, 11) is 1.84. The molecule has 0 fully saturated rings. The van der Waals surface area contributed by atoms with E-state index in [1.807, 2.05) is 19.3 Å². The number of carbonyl (C=O) groups excluding carboxylic acids is 1. The van der Waals surface area contributed by atoms with Gasteiger partial charge >= 0.3 is 5.97 Å². The zero-order chi connectivity index (χ0) is 13.0. The molecule has 0 aliphatic heterocycles. The second-order valence-electron chi connectivity index (χ2n) is 3.59. The molecule has 0 spiro atoms. The molecule has 0 amide bonds. The highest BCUT2D eigenvalue weighted by Crippen LogP contribution is 2.09. The van der Waals surface area contributed by atoms with Crippen molar-refractivity contribution in [1.29, 1.82) is 0 Å². The number of aromatic nitrogens is 3. The zero-order valence-corrected chi connectivity index (χ0v) is 10.2. The van der Waals surface area contributed by atoms with E-state index in [4.69, 9.17) is 9.15 Å². The van der Waals surface area contributed by atoms with Gasteiger partial charge in [-0.2, -0.15) is 10.1 Å². The minimum atomic E-state index is -0.493. The van der Waals surface area contributed by atoms with E-state index in [-0.39, 0.29) is 11.7 Å². The van der Waals surface area contributed by atoms with Gasteiger partial charge in [0.05, 0.1) is 18.8 Å². The van der Waals surface area contributed by atoms with Crippen molar-refractivity contribution in [2.75, 3.05) is 11.9 Å². The highest BCUT2D eigenvalue weighted by molar-refractivity contribution is 5.87. The normalized spacial score (nSPS) is 10.3. The Kier molecular flexibility index (Phi) is 3.61. The van der Waals surface area contributed by atoms with Crippen LogP contribution in [0.25, 0.3) is 0 Å². The van der Waals surface area contributed by atoms with Gasteiger partial charge in [-0.3, -0.25) is 4.68 Å². The smallest absolute Gasteiger partial charge is 0.360 e. The van der Waals surface area contributed by atoms with Crippen molar-refractivity contribution in [2.45, 2.75) is 13.5 Å². The molecule has 96 valence electrons. The van der Waals surface area contributed by atoms with Gasteiger partial charge in [0.25, 0.3) is 6.01 Å². The quantitative estimate of drug-likeness (QED) is 0.803. The summed E-state index contributed by atoms with van der Waals surface area (Å²) in [5.74, 6) is -0.493. The fraction of sp³-hybridized carbons (Fsp3) is 0.364. The van der Waals surface area contributed by atoms with Crippen molar-refractivity contribution >= 4 is 12.0 Å². The maximum absolute atomic E-state index is 11.3. The summed E-state index contributed by atoms with van der Waals surface area (Å²) in [5.41, 5.74) is 1.01. The SMILES string of the molecule is CCOC(=O)c1coc(NCc2ccn(C)n2)n1. The van der Waals surface area contributed by atoms with Crippen LogP contribution in [0.2, 0.25) is 0 Å². The lowest BCUT2D eigenvalue weighted by atomic mass is 10.4. The molecule has 1 N–H and O–H groups in total. The molecular weight excluding hydrogens is 236 g/mol. The van der Waals surface area contributed by atoms with Crippen LogP contribution < -0.4 is 5.32 Å². The van der Waals surface area contributed by atoms with Gasteiger partial charge in [0.15, 0.2) is 5.69 Å². The van der Waals surface area contributed by atoms with Gasteiger partial charge in [-0.15, -0.1) is 0 Å². The lowest BCUT2D eigenvalue weighted by Gasteiger charge is -1.97. The molecule has 7 nitrogen and oxygen atoms in total. The molecule has 0 saturated heterocycles. The minimum Gasteiger partial charge on any atom is -0.461 e. The van der Waals surface area contributed by atoms with Gasteiger partial charge in [0.2, 0.25) is 0 Å². The number of anilines is 1. The minimum absolute atomic E-state index is 0.153. The summed E-state index contributed by atoms with van der Waals surface area (Å²) in [6.07, 6.45) is 3.11. The number of esters is 1. The van der Waals surface area contributed by atoms with Crippen molar-refractivity contribution in [3.63, 3.8) is 0 Å². The van der Waals surface area contributed by atoms with E-state index in [0.29, 0.717) is 13.2 Å². The maximum atomic E-state index is 11.3. The number of nitrogens with one attached hydrogen (secondary N) is 1. The molecule has 2 rings (SSSR count). The first-order valence-electron chi connectivity index (χ1n) is 5.54. The molecule has 0 bridgehead atoms. The zero-order valence-electron chi connectivity index (χ0n) is 10.2. The largest absolute Gasteiger partial charge is 0.461 e. The van der Waals surface area contributed by atoms with Gasteiger partial charge < -0.3 is 14.5 Å². The molecule has 0 aliphatic carbocycles. The highest BCUT2D eigenvalue weighted by Gasteiger charge is 2.12. The lowest BCUT2D eigenvalue weighted by molar-refractivity contribution is 0.0519. The standard InChI is InChI=1S/C11H14N4O3/c1-3-17-10(16)9-7-18-11(13-9)12-6-8-4-5-15(2)14-8/h4-5,7H,3,6H2,1-2H3,(H,12,13). The Labute approximate surface area is 104 Å². The van der Waals surface area contributed by atoms with Crippen LogP contribution in [0.1, 0.15) is 23.1 Å². The van der Waals surface area contributed by atoms with Crippen molar-refractivity contribution in [2.24, 2.45) is 7.05 Å². The van der Waals surface area contributed by atoms with E-state index in [1.165, 1.54) is 6.26 Å². The third kappa shape index (κ3) is 2.88. The number of carbonyl (C=O) groups is 1. The van der Waals surface area contributed by atoms with Gasteiger partial charge in [-0.05, 0) is 13.0 Å². The summed E-state index contributed by atoms with van der Waals surface area (Å²) in [5, 5.41) is 7.12. The molecule has 0 saturated carbocycles. The van der Waals surface area contributed by atoms with Crippen molar-refractivity contribution in [1.82, 2.24) is 14.8 Å². The molecule has 7 heteroatoms. The Morgan fingerprint density at radius 1 is 1.61 bits per heavy atom. The van der Waals surface area contributed by atoms with Crippen LogP contribution in [0.15, 0.2) is 22.9 Å². The van der Waals surface area contributed by atoms with E-state index in [1.54, 1.807) is 11.6 Å². The molecule has 0 aromatic carbocycles. The number of hydrogen-bond donors (Lipinski definition) is 1. The fourth-order valence-electron chi connectivity index (χ4n) is 1.38. The Hall–Kier alpha value is -2.31. The lowest BCUT2D eigenvalue weighted by Crippen LogP contribution is -2.06. The first kappa shape index (κ1) is 12.2. The van der Waals surface area contributed by atoms with Crippen LogP contribution in [-0.2, 0) is 18.3 Å². The van der Waals surface area contributed by atoms with Crippen LogP contribution in [0.5, 0.6) is 0 Å². The van der Waals surface area contributed by atoms with E-state index >= 15 is 0 Å². The monoisotopic (exact) mass is 250 g/mol. The molecule has 0 radical (unpaired) electrons. The first-order chi connectivity index (χ1) is 8.69. The van der Waals surface area contributed by atoms with Gasteiger partial charge in [0.1, 0.15) is 6.26 Å². The van der Waals surface area contributed by atoms with Crippen molar-refractivity contribution in [3.8, 4) is 0 Å². The second kappa shape index (κ2) is 5.35. The Bertz CT molecular complexity index is 532. The van der Waals surface area contributed by atoms with E-state index in [0.717, 1.165) is 5.69 Å². The van der Waals surface area contributed by atoms with Crippen LogP contribution in [0, 0.1) is 0 Å². The number of nitrogens with zero attached hydrogens (tertiary/aromatic N) is 3. The topological polar surface area (TPSA) is 82.2 Å². The Morgan fingerprint density at radius 3 is 3.11 bits per heavy atom. The highest BCUT2D eigenvalue weighted by atomic mass is 16.5. The molecule has 0 aliphatic rings. The second-order valence-corrected chi connectivity index (χ2v) is 3.59. The average molecular weight is 250 g/mol. The van der Waals surface area contributed by atoms with Crippen LogP contribution in [-0.4, -0.2) is 27.3 Å². The summed E-state index contributed by atoms with van der Waals surface area (Å²) >= 11 is 0. The summed E-state index contributed by atoms with van der Waals surface area (Å²) < 4.78 is 11.6. The number of aryl methyl sites for hydroxylation is 1. The molecular formula is C11H14N4O3. The molecule has 2 aromatic heterocycles. The molecule has 0 atom stereocenters. The van der Waals surface area contributed by atoms with Crippen molar-refractivity contribution < 1.29 is 13.9 Å². The van der Waals surface area contributed by atoms with Gasteiger partial charge in [0, 0.05) is 13.2 Å². The number of rotatable bonds is 5. The molecule has 2 heterocycles. The van der Waals surface area contributed by atoms with Gasteiger partial charge in [-0.1, -0.05) is 0 Å². The number of hydrogen-bond acceptors (Lipinski definition) is 6. The van der Waals surface area contributed by atoms with E-state index in [2.05, 4.69) is 15.4 Å².